The molecule has 10 heteroatoms. The molecule has 0 spiro atoms. The summed E-state index contributed by atoms with van der Waals surface area (Å²) < 4.78 is 36.6. The highest BCUT2D eigenvalue weighted by atomic mass is 32.2. The molecule has 36 heavy (non-hydrogen) atoms. The highest BCUT2D eigenvalue weighted by Crippen LogP contribution is 2.24. The number of likely N-dealkylation sites (N-methyl/N-ethyl adjacent to an activating group) is 1. The number of hydrogen-bond donors (Lipinski definition) is 1. The van der Waals surface area contributed by atoms with Crippen LogP contribution in [0.25, 0.3) is 0 Å². The average molecular weight is 520 g/mol. The van der Waals surface area contributed by atoms with Gasteiger partial charge in [-0.05, 0) is 49.6 Å². The van der Waals surface area contributed by atoms with E-state index in [-0.39, 0.29) is 37.7 Å². The predicted octanol–water partition coefficient (Wildman–Crippen LogP) is 3.19. The van der Waals surface area contributed by atoms with E-state index in [1.165, 1.54) is 11.4 Å². The molecule has 0 aliphatic rings. The summed E-state index contributed by atoms with van der Waals surface area (Å²) in [5.74, 6) is 0.806. The topological polar surface area (TPSA) is 105 Å². The van der Waals surface area contributed by atoms with E-state index in [1.54, 1.807) is 36.3 Å². The van der Waals surface area contributed by atoms with Crippen LogP contribution in [0.4, 0.5) is 5.69 Å². The van der Waals surface area contributed by atoms with Crippen molar-refractivity contribution in [3.8, 4) is 11.5 Å². The first-order valence-electron chi connectivity index (χ1n) is 12.0. The van der Waals surface area contributed by atoms with Crippen LogP contribution in [0.5, 0.6) is 11.5 Å². The third-order valence-electron chi connectivity index (χ3n) is 5.74. The van der Waals surface area contributed by atoms with Crippen LogP contribution in [-0.2, 0) is 26.2 Å². The molecule has 0 saturated carbocycles. The Morgan fingerprint density at radius 1 is 1.00 bits per heavy atom. The third-order valence-corrected chi connectivity index (χ3v) is 6.94. The van der Waals surface area contributed by atoms with Crippen LogP contribution in [0.2, 0.25) is 0 Å². The maximum absolute atomic E-state index is 13.4. The molecule has 9 nitrogen and oxygen atoms in total. The van der Waals surface area contributed by atoms with Gasteiger partial charge in [0.15, 0.2) is 0 Å². The van der Waals surface area contributed by atoms with Gasteiger partial charge in [0.05, 0.1) is 26.2 Å². The Bertz CT molecular complexity index is 1100. The molecule has 0 bridgehead atoms. The smallest absolute Gasteiger partial charge is 0.242 e. The van der Waals surface area contributed by atoms with Crippen LogP contribution in [0, 0.1) is 0 Å². The molecular formula is C26H37N3O6S. The van der Waals surface area contributed by atoms with Gasteiger partial charge in [0.1, 0.15) is 17.5 Å². The van der Waals surface area contributed by atoms with Crippen molar-refractivity contribution in [2.75, 3.05) is 37.9 Å². The largest absolute Gasteiger partial charge is 0.497 e. The van der Waals surface area contributed by atoms with Crippen molar-refractivity contribution in [3.63, 3.8) is 0 Å². The standard InChI is InChI=1S/C26H37N3O6S/c1-6-24(26(31)27-7-2)28(19-20-13-15-22(34-3)16-14-20)25(30)12-9-17-29(36(5,32)33)21-10-8-11-23(18-21)35-4/h8,10-11,13-16,18,24H,6-7,9,12,17,19H2,1-5H3,(H,27,31). The molecule has 0 aliphatic carbocycles. The van der Waals surface area contributed by atoms with Crippen LogP contribution < -0.4 is 19.1 Å². The number of amides is 2. The molecule has 0 radical (unpaired) electrons. The zero-order valence-electron chi connectivity index (χ0n) is 21.7. The van der Waals surface area contributed by atoms with Gasteiger partial charge in [-0.2, -0.15) is 0 Å². The average Bonchev–Trinajstić information content (AvgIpc) is 2.86. The number of sulfonamides is 1. The lowest BCUT2D eigenvalue weighted by Gasteiger charge is -2.31. The summed E-state index contributed by atoms with van der Waals surface area (Å²) in [4.78, 5) is 27.7. The second-order valence-electron chi connectivity index (χ2n) is 8.33. The summed E-state index contributed by atoms with van der Waals surface area (Å²) >= 11 is 0. The maximum Gasteiger partial charge on any atom is 0.242 e. The van der Waals surface area contributed by atoms with Gasteiger partial charge in [0.25, 0.3) is 0 Å². The van der Waals surface area contributed by atoms with E-state index < -0.39 is 16.1 Å². The van der Waals surface area contributed by atoms with Gasteiger partial charge in [-0.25, -0.2) is 8.42 Å². The van der Waals surface area contributed by atoms with Crippen LogP contribution in [0.1, 0.15) is 38.7 Å². The van der Waals surface area contributed by atoms with Gasteiger partial charge in [-0.3, -0.25) is 13.9 Å². The molecule has 2 amide bonds. The molecule has 2 aromatic carbocycles. The van der Waals surface area contributed by atoms with Gasteiger partial charge in [0, 0.05) is 32.1 Å². The number of nitrogens with zero attached hydrogens (tertiary/aromatic N) is 2. The van der Waals surface area contributed by atoms with E-state index in [2.05, 4.69) is 5.32 Å². The molecule has 198 valence electrons. The summed E-state index contributed by atoms with van der Waals surface area (Å²) in [6.45, 7) is 4.53. The Morgan fingerprint density at radius 3 is 2.22 bits per heavy atom. The van der Waals surface area contributed by atoms with Crippen LogP contribution in [0.3, 0.4) is 0 Å². The van der Waals surface area contributed by atoms with Crippen molar-refractivity contribution >= 4 is 27.5 Å². The first-order valence-corrected chi connectivity index (χ1v) is 13.8. The lowest BCUT2D eigenvalue weighted by molar-refractivity contribution is -0.141. The molecule has 2 rings (SSSR count). The van der Waals surface area contributed by atoms with Gasteiger partial charge in [-0.15, -0.1) is 0 Å². The SMILES string of the molecule is CCNC(=O)C(CC)N(Cc1ccc(OC)cc1)C(=O)CCCN(c1cccc(OC)c1)S(C)(=O)=O. The number of benzene rings is 2. The maximum atomic E-state index is 13.4. The summed E-state index contributed by atoms with van der Waals surface area (Å²) in [6.07, 6.45) is 1.95. The lowest BCUT2D eigenvalue weighted by Crippen LogP contribution is -2.49. The number of methoxy groups -OCH3 is 2. The first kappa shape index (κ1) is 29.0. The van der Waals surface area contributed by atoms with Crippen molar-refractivity contribution in [2.45, 2.75) is 45.7 Å². The Labute approximate surface area is 214 Å². The Morgan fingerprint density at radius 2 is 1.67 bits per heavy atom. The molecule has 2 aromatic rings. The first-order chi connectivity index (χ1) is 17.1. The van der Waals surface area contributed by atoms with E-state index in [9.17, 15) is 18.0 Å². The van der Waals surface area contributed by atoms with Crippen molar-refractivity contribution in [1.29, 1.82) is 0 Å². The van der Waals surface area contributed by atoms with E-state index in [1.807, 2.05) is 38.1 Å². The second-order valence-corrected chi connectivity index (χ2v) is 10.2. The summed E-state index contributed by atoms with van der Waals surface area (Å²) in [5, 5.41) is 2.81. The van der Waals surface area contributed by atoms with Crippen molar-refractivity contribution in [3.05, 3.63) is 54.1 Å². The second kappa shape index (κ2) is 13.7. The van der Waals surface area contributed by atoms with Crippen LogP contribution >= 0.6 is 0 Å². The molecule has 0 aromatic heterocycles. The van der Waals surface area contributed by atoms with E-state index >= 15 is 0 Å². The molecule has 0 fully saturated rings. The van der Waals surface area contributed by atoms with Crippen LogP contribution in [-0.4, -0.2) is 64.7 Å². The van der Waals surface area contributed by atoms with Gasteiger partial charge < -0.3 is 19.7 Å². The molecule has 0 aliphatic heterocycles. The highest BCUT2D eigenvalue weighted by Gasteiger charge is 2.28. The van der Waals surface area contributed by atoms with Crippen molar-refractivity contribution in [1.82, 2.24) is 10.2 Å². The predicted molar refractivity (Wildman–Crippen MR) is 141 cm³/mol. The van der Waals surface area contributed by atoms with Gasteiger partial charge in [-0.1, -0.05) is 25.1 Å². The van der Waals surface area contributed by atoms with E-state index in [4.69, 9.17) is 9.47 Å². The minimum Gasteiger partial charge on any atom is -0.497 e. The van der Waals surface area contributed by atoms with E-state index in [0.717, 1.165) is 11.8 Å². The zero-order chi connectivity index (χ0) is 26.7. The third kappa shape index (κ3) is 8.15. The summed E-state index contributed by atoms with van der Waals surface area (Å²) in [6, 6.07) is 13.5. The fourth-order valence-corrected chi connectivity index (χ4v) is 4.87. The minimum absolute atomic E-state index is 0.0854. The Kier molecular flexibility index (Phi) is 11.0. The van der Waals surface area contributed by atoms with Gasteiger partial charge >= 0.3 is 0 Å². The fraction of sp³-hybridized carbons (Fsp3) is 0.462. The molecule has 1 N–H and O–H groups in total. The number of hydrogen-bond acceptors (Lipinski definition) is 6. The number of carbonyl (C=O) groups excluding carboxylic acids is 2. The highest BCUT2D eigenvalue weighted by molar-refractivity contribution is 7.92. The van der Waals surface area contributed by atoms with E-state index in [0.29, 0.717) is 30.2 Å². The normalized spacial score (nSPS) is 11.9. The zero-order valence-corrected chi connectivity index (χ0v) is 22.5. The number of carbonyl (C=O) groups is 2. The van der Waals surface area contributed by atoms with Crippen molar-refractivity contribution in [2.24, 2.45) is 0 Å². The molecule has 1 atom stereocenters. The molecule has 1 unspecified atom stereocenters. The molecule has 0 saturated heterocycles. The summed E-state index contributed by atoms with van der Waals surface area (Å²) in [5.41, 5.74) is 1.33. The Balaban J connectivity index is 2.21. The molecule has 0 heterocycles. The number of rotatable bonds is 14. The minimum atomic E-state index is -3.58. The van der Waals surface area contributed by atoms with Crippen LogP contribution in [0.15, 0.2) is 48.5 Å². The van der Waals surface area contributed by atoms with Crippen molar-refractivity contribution < 1.29 is 27.5 Å². The summed E-state index contributed by atoms with van der Waals surface area (Å²) in [7, 11) is -0.487. The number of ether oxygens (including phenoxy) is 2. The monoisotopic (exact) mass is 519 g/mol. The number of anilines is 1. The quantitative estimate of drug-likeness (QED) is 0.411. The number of nitrogens with one attached hydrogen (secondary N) is 1. The van der Waals surface area contributed by atoms with Gasteiger partial charge in [0.2, 0.25) is 21.8 Å². The lowest BCUT2D eigenvalue weighted by atomic mass is 10.1. The fourth-order valence-electron chi connectivity index (χ4n) is 3.91. The Hall–Kier alpha value is -3.27. The molecular weight excluding hydrogens is 482 g/mol.